The molecule has 2 aromatic carbocycles. The van der Waals surface area contributed by atoms with Gasteiger partial charge in [0.1, 0.15) is 11.5 Å². The highest BCUT2D eigenvalue weighted by atomic mass is 16.3. The van der Waals surface area contributed by atoms with Crippen molar-refractivity contribution in [1.82, 2.24) is 0 Å². The van der Waals surface area contributed by atoms with Gasteiger partial charge in [-0.15, -0.1) is 0 Å². The summed E-state index contributed by atoms with van der Waals surface area (Å²) in [6.07, 6.45) is 1.69. The van der Waals surface area contributed by atoms with Crippen LogP contribution in [0.4, 0.5) is 0 Å². The first-order valence-corrected chi connectivity index (χ1v) is 5.41. The molecule has 90 valence electrons. The molecule has 0 atom stereocenters. The summed E-state index contributed by atoms with van der Waals surface area (Å²) in [4.78, 5) is 12.1. The molecule has 2 N–H and O–H groups in total. The molecule has 2 rings (SSSR count). The molecule has 0 aliphatic carbocycles. The quantitative estimate of drug-likeness (QED) is 0.811. The topological polar surface area (TPSA) is 57.5 Å². The summed E-state index contributed by atoms with van der Waals surface area (Å²) in [5.41, 5.74) is 1.56. The van der Waals surface area contributed by atoms with E-state index in [2.05, 4.69) is 6.58 Å². The van der Waals surface area contributed by atoms with Crippen molar-refractivity contribution < 1.29 is 15.0 Å². The fourth-order valence-electron chi connectivity index (χ4n) is 1.64. The molecule has 0 heterocycles. The highest BCUT2D eigenvalue weighted by molar-refractivity contribution is 6.10. The van der Waals surface area contributed by atoms with Crippen LogP contribution in [0, 0.1) is 0 Å². The molecular weight excluding hydrogens is 228 g/mol. The Morgan fingerprint density at radius 1 is 1.06 bits per heavy atom. The molecule has 0 aliphatic rings. The lowest BCUT2D eigenvalue weighted by atomic mass is 10.0. The van der Waals surface area contributed by atoms with Crippen LogP contribution in [-0.4, -0.2) is 16.0 Å². The minimum atomic E-state index is -0.289. The van der Waals surface area contributed by atoms with E-state index in [1.54, 1.807) is 30.3 Å². The third-order valence-electron chi connectivity index (χ3n) is 2.63. The fourth-order valence-corrected chi connectivity index (χ4v) is 1.64. The number of rotatable bonds is 3. The number of carbonyl (C=O) groups excluding carboxylic acids is 1. The maximum absolute atomic E-state index is 12.1. The van der Waals surface area contributed by atoms with Gasteiger partial charge in [0, 0.05) is 11.6 Å². The molecule has 0 fully saturated rings. The average Bonchev–Trinajstić information content (AvgIpc) is 2.38. The van der Waals surface area contributed by atoms with Gasteiger partial charge in [-0.3, -0.25) is 4.79 Å². The first kappa shape index (κ1) is 11.9. The summed E-state index contributed by atoms with van der Waals surface area (Å²) in [7, 11) is 0. The third kappa shape index (κ3) is 2.25. The van der Waals surface area contributed by atoms with Crippen LogP contribution in [0.1, 0.15) is 21.5 Å². The number of aromatic hydroxyl groups is 2. The van der Waals surface area contributed by atoms with Gasteiger partial charge in [-0.1, -0.05) is 36.9 Å². The van der Waals surface area contributed by atoms with Gasteiger partial charge in [0.25, 0.3) is 0 Å². The molecule has 0 aliphatic heterocycles. The Bertz CT molecular complexity index is 598. The average molecular weight is 240 g/mol. The second-order valence-corrected chi connectivity index (χ2v) is 3.86. The molecular formula is C15H12O3. The lowest BCUT2D eigenvalue weighted by Gasteiger charge is -2.04. The molecule has 18 heavy (non-hydrogen) atoms. The highest BCUT2D eigenvalue weighted by Gasteiger charge is 2.13. The predicted molar refractivity (Wildman–Crippen MR) is 69.7 cm³/mol. The van der Waals surface area contributed by atoms with Gasteiger partial charge in [-0.25, -0.2) is 0 Å². The predicted octanol–water partition coefficient (Wildman–Crippen LogP) is 2.97. The van der Waals surface area contributed by atoms with Crippen LogP contribution in [0.5, 0.6) is 11.5 Å². The Morgan fingerprint density at radius 3 is 2.28 bits per heavy atom. The molecule has 3 heteroatoms. The minimum absolute atomic E-state index is 0.0777. The Labute approximate surface area is 105 Å². The van der Waals surface area contributed by atoms with Gasteiger partial charge in [-0.05, 0) is 17.7 Å². The first-order chi connectivity index (χ1) is 8.61. The molecule has 0 bridgehead atoms. The number of ketones is 1. The molecule has 0 spiro atoms. The lowest BCUT2D eigenvalue weighted by Crippen LogP contribution is -2.01. The smallest absolute Gasteiger partial charge is 0.196 e. The van der Waals surface area contributed by atoms with Crippen molar-refractivity contribution in [1.29, 1.82) is 0 Å². The molecule has 0 amide bonds. The highest BCUT2D eigenvalue weighted by Crippen LogP contribution is 2.25. The van der Waals surface area contributed by atoms with Gasteiger partial charge in [-0.2, -0.15) is 0 Å². The van der Waals surface area contributed by atoms with Gasteiger partial charge < -0.3 is 10.2 Å². The van der Waals surface area contributed by atoms with Gasteiger partial charge in [0.05, 0.1) is 5.56 Å². The zero-order valence-electron chi connectivity index (χ0n) is 9.63. The summed E-state index contributed by atoms with van der Waals surface area (Å²) < 4.78 is 0. The van der Waals surface area contributed by atoms with E-state index in [0.717, 1.165) is 11.6 Å². The Hall–Kier alpha value is -2.55. The van der Waals surface area contributed by atoms with Crippen LogP contribution in [0.25, 0.3) is 6.08 Å². The SMILES string of the molecule is C=Cc1ccc(C(=O)c2ccc(O)cc2O)cc1. The van der Waals surface area contributed by atoms with Crippen molar-refractivity contribution in [3.63, 3.8) is 0 Å². The van der Waals surface area contributed by atoms with E-state index in [0.29, 0.717) is 5.56 Å². The lowest BCUT2D eigenvalue weighted by molar-refractivity contribution is 0.103. The van der Waals surface area contributed by atoms with Crippen molar-refractivity contribution in [3.8, 4) is 11.5 Å². The fraction of sp³-hybridized carbons (Fsp3) is 0. The third-order valence-corrected chi connectivity index (χ3v) is 2.63. The second-order valence-electron chi connectivity index (χ2n) is 3.86. The molecule has 0 radical (unpaired) electrons. The van der Waals surface area contributed by atoms with Crippen LogP contribution in [0.15, 0.2) is 49.0 Å². The van der Waals surface area contributed by atoms with Gasteiger partial charge in [0.15, 0.2) is 5.78 Å². The monoisotopic (exact) mass is 240 g/mol. The summed E-state index contributed by atoms with van der Waals surface area (Å²) in [5.74, 6) is -0.595. The summed E-state index contributed by atoms with van der Waals surface area (Å²) in [6.45, 7) is 3.63. The van der Waals surface area contributed by atoms with E-state index in [1.807, 2.05) is 0 Å². The molecule has 0 saturated heterocycles. The summed E-state index contributed by atoms with van der Waals surface area (Å²) in [6, 6.07) is 10.8. The van der Waals surface area contributed by atoms with Crippen molar-refractivity contribution in [2.45, 2.75) is 0 Å². The standard InChI is InChI=1S/C15H12O3/c1-2-10-3-5-11(6-4-10)15(18)13-8-7-12(16)9-14(13)17/h2-9,16-17H,1H2. The maximum Gasteiger partial charge on any atom is 0.196 e. The number of carbonyl (C=O) groups is 1. The molecule has 0 aromatic heterocycles. The van der Waals surface area contributed by atoms with E-state index < -0.39 is 0 Å². The van der Waals surface area contributed by atoms with Crippen LogP contribution in [-0.2, 0) is 0 Å². The maximum atomic E-state index is 12.1. The minimum Gasteiger partial charge on any atom is -0.508 e. The van der Waals surface area contributed by atoms with E-state index in [4.69, 9.17) is 0 Å². The van der Waals surface area contributed by atoms with Crippen molar-refractivity contribution in [2.75, 3.05) is 0 Å². The first-order valence-electron chi connectivity index (χ1n) is 5.41. The van der Waals surface area contributed by atoms with Crippen LogP contribution in [0.2, 0.25) is 0 Å². The number of hydrogen-bond acceptors (Lipinski definition) is 3. The molecule has 3 nitrogen and oxygen atoms in total. The zero-order valence-corrected chi connectivity index (χ0v) is 9.63. The van der Waals surface area contributed by atoms with E-state index in [1.165, 1.54) is 12.1 Å². The van der Waals surface area contributed by atoms with Gasteiger partial charge in [0.2, 0.25) is 0 Å². The van der Waals surface area contributed by atoms with Crippen LogP contribution >= 0.6 is 0 Å². The van der Waals surface area contributed by atoms with Crippen molar-refractivity contribution in [2.24, 2.45) is 0 Å². The zero-order chi connectivity index (χ0) is 13.1. The number of phenolic OH excluding ortho intramolecular Hbond substituents is 2. The second kappa shape index (κ2) is 4.75. The molecule has 0 saturated carbocycles. The number of phenols is 2. The Balaban J connectivity index is 2.38. The van der Waals surface area contributed by atoms with Crippen LogP contribution in [0.3, 0.4) is 0 Å². The van der Waals surface area contributed by atoms with E-state index >= 15 is 0 Å². The van der Waals surface area contributed by atoms with Crippen molar-refractivity contribution >= 4 is 11.9 Å². The van der Waals surface area contributed by atoms with E-state index in [9.17, 15) is 15.0 Å². The van der Waals surface area contributed by atoms with Crippen LogP contribution < -0.4 is 0 Å². The largest absolute Gasteiger partial charge is 0.508 e. The summed E-state index contributed by atoms with van der Waals surface area (Å²) in [5, 5.41) is 18.8. The normalized spacial score (nSPS) is 10.0. The van der Waals surface area contributed by atoms with Crippen molar-refractivity contribution in [3.05, 3.63) is 65.7 Å². The molecule has 2 aromatic rings. The number of benzene rings is 2. The Morgan fingerprint density at radius 2 is 1.72 bits per heavy atom. The van der Waals surface area contributed by atoms with E-state index in [-0.39, 0.29) is 22.8 Å². The van der Waals surface area contributed by atoms with Gasteiger partial charge >= 0.3 is 0 Å². The summed E-state index contributed by atoms with van der Waals surface area (Å²) >= 11 is 0. The number of hydrogen-bond donors (Lipinski definition) is 2. The molecule has 0 unspecified atom stereocenters. The Kier molecular flexibility index (Phi) is 3.15.